The first-order chi connectivity index (χ1) is 5.83. The van der Waals surface area contributed by atoms with Crippen LogP contribution < -0.4 is 0 Å². The van der Waals surface area contributed by atoms with Gasteiger partial charge in [0.1, 0.15) is 0 Å². The zero-order valence-electron chi connectivity index (χ0n) is 7.61. The highest BCUT2D eigenvalue weighted by Gasteiger charge is 2.15. The normalized spacial score (nSPS) is 20.4. The highest BCUT2D eigenvalue weighted by molar-refractivity contribution is 4.70. The standard InChI is InChI=1S/C8H16N4/c1-12-6-3-8(4-7-12)2-5-10-11-9/h8H,2-7H2,1H3. The van der Waals surface area contributed by atoms with Crippen LogP contribution in [0.4, 0.5) is 0 Å². The summed E-state index contributed by atoms with van der Waals surface area (Å²) in [6.45, 7) is 3.06. The molecule has 1 fully saturated rings. The van der Waals surface area contributed by atoms with Gasteiger partial charge < -0.3 is 4.90 Å². The van der Waals surface area contributed by atoms with Gasteiger partial charge in [0.25, 0.3) is 0 Å². The van der Waals surface area contributed by atoms with E-state index in [1.807, 2.05) is 0 Å². The summed E-state index contributed by atoms with van der Waals surface area (Å²) in [7, 11) is 2.16. The zero-order valence-corrected chi connectivity index (χ0v) is 7.61. The second-order valence-electron chi connectivity index (χ2n) is 3.49. The summed E-state index contributed by atoms with van der Waals surface area (Å²) in [5.74, 6) is 0.784. The van der Waals surface area contributed by atoms with Gasteiger partial charge in [0, 0.05) is 11.5 Å². The molecule has 0 saturated carbocycles. The van der Waals surface area contributed by atoms with Crippen LogP contribution in [-0.4, -0.2) is 31.6 Å². The molecule has 1 rings (SSSR count). The molecule has 0 atom stereocenters. The van der Waals surface area contributed by atoms with E-state index in [1.165, 1.54) is 25.9 Å². The molecule has 1 aliphatic heterocycles. The van der Waals surface area contributed by atoms with Gasteiger partial charge in [-0.2, -0.15) is 0 Å². The number of piperidine rings is 1. The van der Waals surface area contributed by atoms with E-state index in [0.29, 0.717) is 6.54 Å². The van der Waals surface area contributed by atoms with Crippen LogP contribution in [0.25, 0.3) is 10.4 Å². The fourth-order valence-corrected chi connectivity index (χ4v) is 1.64. The van der Waals surface area contributed by atoms with E-state index in [-0.39, 0.29) is 0 Å². The molecule has 4 nitrogen and oxygen atoms in total. The summed E-state index contributed by atoms with van der Waals surface area (Å²) in [6, 6.07) is 0. The maximum Gasteiger partial charge on any atom is 0.0260 e. The Morgan fingerprint density at radius 1 is 1.50 bits per heavy atom. The van der Waals surface area contributed by atoms with E-state index < -0.39 is 0 Å². The Bertz CT molecular complexity index is 166. The average Bonchev–Trinajstić information content (AvgIpc) is 2.09. The van der Waals surface area contributed by atoms with Crippen molar-refractivity contribution in [2.45, 2.75) is 19.3 Å². The van der Waals surface area contributed by atoms with Gasteiger partial charge in [0.15, 0.2) is 0 Å². The lowest BCUT2D eigenvalue weighted by molar-refractivity contribution is 0.214. The molecule has 0 radical (unpaired) electrons. The molecule has 0 unspecified atom stereocenters. The minimum Gasteiger partial charge on any atom is -0.306 e. The molecule has 68 valence electrons. The summed E-state index contributed by atoms with van der Waals surface area (Å²) in [4.78, 5) is 5.10. The SMILES string of the molecule is CN1CCC(CCN=[N+]=[N-])CC1. The van der Waals surface area contributed by atoms with Crippen LogP contribution >= 0.6 is 0 Å². The van der Waals surface area contributed by atoms with Crippen molar-refractivity contribution in [1.82, 2.24) is 4.90 Å². The van der Waals surface area contributed by atoms with Gasteiger partial charge in [-0.1, -0.05) is 5.11 Å². The zero-order chi connectivity index (χ0) is 8.81. The van der Waals surface area contributed by atoms with Gasteiger partial charge in [-0.25, -0.2) is 0 Å². The van der Waals surface area contributed by atoms with E-state index in [4.69, 9.17) is 5.53 Å². The Kier molecular flexibility index (Phi) is 3.91. The van der Waals surface area contributed by atoms with Crippen molar-refractivity contribution in [2.24, 2.45) is 11.0 Å². The van der Waals surface area contributed by atoms with Crippen molar-refractivity contribution in [2.75, 3.05) is 26.7 Å². The molecule has 12 heavy (non-hydrogen) atoms. The van der Waals surface area contributed by atoms with Crippen LogP contribution in [0.2, 0.25) is 0 Å². The third kappa shape index (κ3) is 3.11. The van der Waals surface area contributed by atoms with Gasteiger partial charge >= 0.3 is 0 Å². The maximum atomic E-state index is 8.09. The third-order valence-electron chi connectivity index (χ3n) is 2.54. The third-order valence-corrected chi connectivity index (χ3v) is 2.54. The number of hydrogen-bond donors (Lipinski definition) is 0. The monoisotopic (exact) mass is 168 g/mol. The second-order valence-corrected chi connectivity index (χ2v) is 3.49. The first-order valence-electron chi connectivity index (χ1n) is 4.52. The second kappa shape index (κ2) is 5.01. The first kappa shape index (κ1) is 9.36. The quantitative estimate of drug-likeness (QED) is 0.361. The van der Waals surface area contributed by atoms with Crippen molar-refractivity contribution < 1.29 is 0 Å². The van der Waals surface area contributed by atoms with Crippen LogP contribution in [0.15, 0.2) is 5.11 Å². The predicted octanol–water partition coefficient (Wildman–Crippen LogP) is 2.03. The molecule has 0 aliphatic carbocycles. The highest BCUT2D eigenvalue weighted by Crippen LogP contribution is 2.19. The van der Waals surface area contributed by atoms with Gasteiger partial charge in [-0.3, -0.25) is 0 Å². The molecule has 0 spiro atoms. The van der Waals surface area contributed by atoms with E-state index in [2.05, 4.69) is 22.0 Å². The Balaban J connectivity index is 2.13. The van der Waals surface area contributed by atoms with E-state index in [1.54, 1.807) is 0 Å². The fourth-order valence-electron chi connectivity index (χ4n) is 1.64. The van der Waals surface area contributed by atoms with Crippen LogP contribution in [0.3, 0.4) is 0 Å². The van der Waals surface area contributed by atoms with Gasteiger partial charge in [-0.15, -0.1) is 0 Å². The molecule has 4 heteroatoms. The summed E-state index contributed by atoms with van der Waals surface area (Å²) in [5.41, 5.74) is 8.09. The number of rotatable bonds is 3. The van der Waals surface area contributed by atoms with Crippen molar-refractivity contribution in [3.05, 3.63) is 10.4 Å². The predicted molar refractivity (Wildman–Crippen MR) is 48.9 cm³/mol. The number of likely N-dealkylation sites (tertiary alicyclic amines) is 1. The van der Waals surface area contributed by atoms with Crippen LogP contribution in [-0.2, 0) is 0 Å². The van der Waals surface area contributed by atoms with Gasteiger partial charge in [-0.05, 0) is 50.8 Å². The smallest absolute Gasteiger partial charge is 0.0260 e. The van der Waals surface area contributed by atoms with E-state index in [0.717, 1.165) is 12.3 Å². The van der Waals surface area contributed by atoms with Crippen molar-refractivity contribution in [3.63, 3.8) is 0 Å². The lowest BCUT2D eigenvalue weighted by Gasteiger charge is -2.28. The van der Waals surface area contributed by atoms with Gasteiger partial charge in [0.05, 0.1) is 0 Å². The lowest BCUT2D eigenvalue weighted by atomic mass is 9.94. The largest absolute Gasteiger partial charge is 0.306 e. The minimum atomic E-state index is 0.672. The lowest BCUT2D eigenvalue weighted by Crippen LogP contribution is -2.30. The highest BCUT2D eigenvalue weighted by atomic mass is 15.1. The van der Waals surface area contributed by atoms with E-state index in [9.17, 15) is 0 Å². The van der Waals surface area contributed by atoms with Crippen LogP contribution in [0, 0.1) is 5.92 Å². The van der Waals surface area contributed by atoms with Crippen molar-refractivity contribution in [1.29, 1.82) is 0 Å². The van der Waals surface area contributed by atoms with Crippen molar-refractivity contribution in [3.8, 4) is 0 Å². The summed E-state index contributed by atoms with van der Waals surface area (Å²) < 4.78 is 0. The molecule has 0 amide bonds. The number of azide groups is 1. The van der Waals surface area contributed by atoms with E-state index >= 15 is 0 Å². The molecule has 0 aromatic rings. The molecular weight excluding hydrogens is 152 g/mol. The topological polar surface area (TPSA) is 52.0 Å². The number of nitrogens with zero attached hydrogens (tertiary/aromatic N) is 4. The molecular formula is C8H16N4. The first-order valence-corrected chi connectivity index (χ1v) is 4.52. The Morgan fingerprint density at radius 3 is 2.75 bits per heavy atom. The molecule has 1 aliphatic rings. The molecule has 0 aromatic heterocycles. The summed E-state index contributed by atoms with van der Waals surface area (Å²) in [6.07, 6.45) is 3.59. The van der Waals surface area contributed by atoms with Gasteiger partial charge in [0.2, 0.25) is 0 Å². The summed E-state index contributed by atoms with van der Waals surface area (Å²) in [5, 5.41) is 3.55. The molecule has 1 saturated heterocycles. The molecule has 0 aromatic carbocycles. The molecule has 0 bridgehead atoms. The Labute approximate surface area is 73.2 Å². The van der Waals surface area contributed by atoms with Crippen LogP contribution in [0.1, 0.15) is 19.3 Å². The number of hydrogen-bond acceptors (Lipinski definition) is 2. The van der Waals surface area contributed by atoms with Crippen molar-refractivity contribution >= 4 is 0 Å². The maximum absolute atomic E-state index is 8.09. The van der Waals surface area contributed by atoms with Crippen LogP contribution in [0.5, 0.6) is 0 Å². The Morgan fingerprint density at radius 2 is 2.17 bits per heavy atom. The average molecular weight is 168 g/mol. The Hall–Kier alpha value is -0.730. The molecule has 1 heterocycles. The molecule has 0 N–H and O–H groups in total. The minimum absolute atomic E-state index is 0.672. The fraction of sp³-hybridized carbons (Fsp3) is 1.00. The summed E-state index contributed by atoms with van der Waals surface area (Å²) >= 11 is 0.